The summed E-state index contributed by atoms with van der Waals surface area (Å²) < 4.78 is 9.04. The van der Waals surface area contributed by atoms with Gasteiger partial charge in [0.05, 0.1) is 16.7 Å². The van der Waals surface area contributed by atoms with Gasteiger partial charge in [-0.3, -0.25) is 0 Å². The van der Waals surface area contributed by atoms with Crippen LogP contribution in [0.25, 0.3) is 116 Å². The topological polar surface area (TPSA) is 56.7 Å². The third-order valence-corrected chi connectivity index (χ3v) is 11.2. The molecule has 56 heavy (non-hydrogen) atoms. The lowest BCUT2D eigenvalue weighted by Crippen LogP contribution is -2.02. The monoisotopic (exact) mass is 714 g/mol. The predicted molar refractivity (Wildman–Crippen MR) is 230 cm³/mol. The van der Waals surface area contributed by atoms with Crippen molar-refractivity contribution in [1.29, 1.82) is 0 Å². The molecule has 3 aromatic heterocycles. The summed E-state index contributed by atoms with van der Waals surface area (Å²) in [5, 5.41) is 11.4. The highest BCUT2D eigenvalue weighted by atomic mass is 16.3. The fraction of sp³-hybridized carbons (Fsp3) is 0. The molecule has 12 rings (SSSR count). The summed E-state index contributed by atoms with van der Waals surface area (Å²) in [5.41, 5.74) is 7.51. The number of fused-ring (bicyclic) bond motifs is 10. The van der Waals surface area contributed by atoms with Crippen LogP contribution < -0.4 is 0 Å². The summed E-state index contributed by atoms with van der Waals surface area (Å²) in [5.74, 6) is 1.80. The van der Waals surface area contributed by atoms with Crippen molar-refractivity contribution in [1.82, 2.24) is 19.5 Å². The van der Waals surface area contributed by atoms with E-state index in [0.29, 0.717) is 17.5 Å². The smallest absolute Gasteiger partial charge is 0.164 e. The van der Waals surface area contributed by atoms with Gasteiger partial charge in [-0.2, -0.15) is 0 Å². The van der Waals surface area contributed by atoms with Gasteiger partial charge in [-0.15, -0.1) is 0 Å². The largest absolute Gasteiger partial charge is 0.456 e. The summed E-state index contributed by atoms with van der Waals surface area (Å²) in [7, 11) is 0. The second-order valence-corrected chi connectivity index (χ2v) is 14.4. The van der Waals surface area contributed by atoms with E-state index in [0.717, 1.165) is 66.1 Å². The van der Waals surface area contributed by atoms with Crippen LogP contribution in [0, 0.1) is 0 Å². The van der Waals surface area contributed by atoms with E-state index in [1.54, 1.807) is 0 Å². The minimum Gasteiger partial charge on any atom is -0.456 e. The maximum atomic E-state index is 6.69. The van der Waals surface area contributed by atoms with E-state index in [4.69, 9.17) is 19.4 Å². The molecule has 0 saturated heterocycles. The number of benzene rings is 9. The van der Waals surface area contributed by atoms with Gasteiger partial charge >= 0.3 is 0 Å². The Kier molecular flexibility index (Phi) is 6.56. The van der Waals surface area contributed by atoms with Crippen LogP contribution in [0.1, 0.15) is 0 Å². The Balaban J connectivity index is 1.18. The molecule has 9 aromatic carbocycles. The molecule has 0 N–H and O–H groups in total. The fourth-order valence-corrected chi connectivity index (χ4v) is 8.57. The molecule has 0 amide bonds. The maximum Gasteiger partial charge on any atom is 0.164 e. The number of furan rings is 1. The zero-order valence-electron chi connectivity index (χ0n) is 30.0. The normalized spacial score (nSPS) is 11.9. The summed E-state index contributed by atoms with van der Waals surface area (Å²) in [4.78, 5) is 15.8. The lowest BCUT2D eigenvalue weighted by molar-refractivity contribution is 0.668. The first-order chi connectivity index (χ1) is 27.7. The molecule has 0 atom stereocenters. The molecule has 0 bridgehead atoms. The minimum atomic E-state index is 0.580. The van der Waals surface area contributed by atoms with Gasteiger partial charge in [-0.25, -0.2) is 15.0 Å². The molecule has 12 aromatic rings. The summed E-state index contributed by atoms with van der Waals surface area (Å²) in [6, 6.07) is 63.9. The Morgan fingerprint density at radius 1 is 0.357 bits per heavy atom. The first-order valence-corrected chi connectivity index (χ1v) is 18.8. The van der Waals surface area contributed by atoms with Crippen LogP contribution in [-0.2, 0) is 0 Å². The Labute approximate surface area is 320 Å². The number of aromatic nitrogens is 4. The number of nitrogens with zero attached hydrogens (tertiary/aromatic N) is 4. The molecule has 0 aliphatic heterocycles. The van der Waals surface area contributed by atoms with E-state index >= 15 is 0 Å². The molecule has 0 fully saturated rings. The Hall–Kier alpha value is -7.63. The van der Waals surface area contributed by atoms with Crippen LogP contribution in [0.2, 0.25) is 0 Å². The van der Waals surface area contributed by atoms with Crippen LogP contribution >= 0.6 is 0 Å². The quantitative estimate of drug-likeness (QED) is 0.182. The van der Waals surface area contributed by atoms with Gasteiger partial charge in [0.25, 0.3) is 0 Å². The molecular formula is C51H30N4O. The number of rotatable bonds is 4. The predicted octanol–water partition coefficient (Wildman–Crippen LogP) is 13.3. The average molecular weight is 715 g/mol. The number of hydrogen-bond acceptors (Lipinski definition) is 4. The number of para-hydroxylation sites is 2. The van der Waals surface area contributed by atoms with E-state index in [-0.39, 0.29) is 0 Å². The van der Waals surface area contributed by atoms with Crippen LogP contribution in [0.4, 0.5) is 0 Å². The van der Waals surface area contributed by atoms with Gasteiger partial charge in [-0.05, 0) is 68.7 Å². The molecule has 5 nitrogen and oxygen atoms in total. The van der Waals surface area contributed by atoms with E-state index < -0.39 is 0 Å². The van der Waals surface area contributed by atoms with Crippen molar-refractivity contribution in [2.75, 3.05) is 0 Å². The molecule has 5 heteroatoms. The third kappa shape index (κ3) is 4.71. The van der Waals surface area contributed by atoms with Crippen LogP contribution in [0.3, 0.4) is 0 Å². The van der Waals surface area contributed by atoms with Gasteiger partial charge in [0.2, 0.25) is 0 Å². The molecule has 0 aliphatic rings. The van der Waals surface area contributed by atoms with Gasteiger partial charge in [0.1, 0.15) is 11.2 Å². The lowest BCUT2D eigenvalue weighted by atomic mass is 10.0. The molecule has 3 heterocycles. The second-order valence-electron chi connectivity index (χ2n) is 14.4. The SMILES string of the molecule is c1ccc2cc(-c3nc(-c4ccc5ccccc5c4)nc(-c4cc(-n5c6ccccc6c6c7ccccc7ccc65)cc5oc6ccccc6c45)n3)ccc2c1. The molecule has 0 radical (unpaired) electrons. The average Bonchev–Trinajstić information content (AvgIpc) is 3.81. The van der Waals surface area contributed by atoms with Crippen molar-refractivity contribution in [2.45, 2.75) is 0 Å². The Morgan fingerprint density at radius 3 is 1.62 bits per heavy atom. The van der Waals surface area contributed by atoms with Gasteiger partial charge < -0.3 is 8.98 Å². The van der Waals surface area contributed by atoms with Crippen LogP contribution in [0.5, 0.6) is 0 Å². The molecule has 0 saturated carbocycles. The van der Waals surface area contributed by atoms with Crippen molar-refractivity contribution in [3.05, 3.63) is 182 Å². The van der Waals surface area contributed by atoms with Crippen LogP contribution in [0.15, 0.2) is 186 Å². The van der Waals surface area contributed by atoms with E-state index in [9.17, 15) is 0 Å². The number of hydrogen-bond donors (Lipinski definition) is 0. The highest BCUT2D eigenvalue weighted by molar-refractivity contribution is 6.21. The highest BCUT2D eigenvalue weighted by Gasteiger charge is 2.22. The van der Waals surface area contributed by atoms with Crippen molar-refractivity contribution in [2.24, 2.45) is 0 Å². The van der Waals surface area contributed by atoms with E-state index in [1.165, 1.54) is 32.3 Å². The molecular weight excluding hydrogens is 685 g/mol. The van der Waals surface area contributed by atoms with Crippen molar-refractivity contribution >= 4 is 76.1 Å². The first-order valence-electron chi connectivity index (χ1n) is 18.8. The van der Waals surface area contributed by atoms with Gasteiger partial charge in [-0.1, -0.05) is 140 Å². The fourth-order valence-electron chi connectivity index (χ4n) is 8.57. The summed E-state index contributed by atoms with van der Waals surface area (Å²) in [6.45, 7) is 0. The molecule has 0 spiro atoms. The second kappa shape index (κ2) is 11.9. The van der Waals surface area contributed by atoms with Crippen molar-refractivity contribution in [3.63, 3.8) is 0 Å². The minimum absolute atomic E-state index is 0.580. The van der Waals surface area contributed by atoms with Gasteiger partial charge in [0.15, 0.2) is 17.5 Å². The van der Waals surface area contributed by atoms with Crippen molar-refractivity contribution < 1.29 is 4.42 Å². The first kappa shape index (κ1) is 30.8. The van der Waals surface area contributed by atoms with Crippen LogP contribution in [-0.4, -0.2) is 19.5 Å². The standard InChI is InChI=1S/C51H30N4O/c1-3-14-34-27-36(23-21-31(34)11-1)49-52-50(37-24-22-32-12-2-4-15-35(32)28-37)54-51(53-49)42-29-38(30-46-48(42)41-18-8-10-20-45(41)56-46)55-43-19-9-7-17-40(43)47-39-16-6-5-13-33(39)25-26-44(47)55/h1-30H. The van der Waals surface area contributed by atoms with E-state index in [2.05, 4.69) is 174 Å². The summed E-state index contributed by atoms with van der Waals surface area (Å²) >= 11 is 0. The zero-order valence-corrected chi connectivity index (χ0v) is 30.0. The van der Waals surface area contributed by atoms with Gasteiger partial charge in [0, 0.05) is 44.3 Å². The highest BCUT2D eigenvalue weighted by Crippen LogP contribution is 2.42. The lowest BCUT2D eigenvalue weighted by Gasteiger charge is -2.13. The zero-order chi connectivity index (χ0) is 36.7. The summed E-state index contributed by atoms with van der Waals surface area (Å²) in [6.07, 6.45) is 0. The van der Waals surface area contributed by atoms with Crippen molar-refractivity contribution in [3.8, 4) is 39.9 Å². The van der Waals surface area contributed by atoms with E-state index in [1.807, 2.05) is 12.1 Å². The molecule has 0 aliphatic carbocycles. The Bertz CT molecular complexity index is 3460. The Morgan fingerprint density at radius 2 is 0.911 bits per heavy atom. The molecule has 260 valence electrons. The third-order valence-electron chi connectivity index (χ3n) is 11.2. The molecule has 0 unspecified atom stereocenters. The maximum absolute atomic E-state index is 6.69.